The Labute approximate surface area is 199 Å². The van der Waals surface area contributed by atoms with Crippen LogP contribution in [0.4, 0.5) is 14.5 Å². The fourth-order valence-corrected chi connectivity index (χ4v) is 4.21. The molecule has 0 fully saturated rings. The molecule has 10 heteroatoms. The number of hydrogen-bond donors (Lipinski definition) is 1. The van der Waals surface area contributed by atoms with Gasteiger partial charge in [-0.25, -0.2) is 13.5 Å². The number of carbonyl (C=O) groups excluding carboxylic acids is 1. The number of fused-ring (bicyclic) bond motifs is 1. The third kappa shape index (κ3) is 4.34. The Morgan fingerprint density at radius 3 is 2.66 bits per heavy atom. The van der Waals surface area contributed by atoms with Crippen LogP contribution in [0.5, 0.6) is 0 Å². The van der Waals surface area contributed by atoms with Crippen LogP contribution in [0, 0.1) is 18.6 Å². The molecule has 3 heterocycles. The Kier molecular flexibility index (Phi) is 5.94. The number of amides is 1. The van der Waals surface area contributed by atoms with Crippen molar-refractivity contribution in [2.45, 2.75) is 39.2 Å². The average molecular weight is 476 g/mol. The number of nitrogens with one attached hydrogen (secondary N) is 1. The van der Waals surface area contributed by atoms with E-state index in [0.29, 0.717) is 17.1 Å². The monoisotopic (exact) mass is 476 g/mol. The van der Waals surface area contributed by atoms with Gasteiger partial charge in [-0.1, -0.05) is 18.6 Å². The van der Waals surface area contributed by atoms with Crippen LogP contribution >= 0.6 is 0 Å². The highest BCUT2D eigenvalue weighted by Gasteiger charge is 2.20. The number of para-hydroxylation sites is 1. The van der Waals surface area contributed by atoms with Gasteiger partial charge in [0, 0.05) is 30.3 Å². The molecule has 0 saturated heterocycles. The summed E-state index contributed by atoms with van der Waals surface area (Å²) >= 11 is 0. The molecular formula is C25H22F2N6O2. The summed E-state index contributed by atoms with van der Waals surface area (Å²) in [5.41, 5.74) is -0.260. The maximum Gasteiger partial charge on any atom is 0.280 e. The number of benzene rings is 2. The summed E-state index contributed by atoms with van der Waals surface area (Å²) in [7, 11) is 0. The largest absolute Gasteiger partial charge is 0.318 e. The Morgan fingerprint density at radius 1 is 1.00 bits per heavy atom. The average Bonchev–Trinajstić information content (AvgIpc) is 3.09. The molecule has 35 heavy (non-hydrogen) atoms. The molecule has 1 aliphatic rings. The van der Waals surface area contributed by atoms with Crippen LogP contribution in [0.1, 0.15) is 41.3 Å². The molecule has 0 spiro atoms. The van der Waals surface area contributed by atoms with Crippen LogP contribution in [0.2, 0.25) is 0 Å². The molecule has 2 aromatic carbocycles. The molecule has 5 rings (SSSR count). The molecule has 0 atom stereocenters. The van der Waals surface area contributed by atoms with Crippen LogP contribution in [-0.4, -0.2) is 30.5 Å². The van der Waals surface area contributed by atoms with Crippen LogP contribution in [0.3, 0.4) is 0 Å². The molecule has 178 valence electrons. The predicted octanol–water partition coefficient (Wildman–Crippen LogP) is 4.06. The predicted molar refractivity (Wildman–Crippen MR) is 125 cm³/mol. The van der Waals surface area contributed by atoms with Gasteiger partial charge in [-0.3, -0.25) is 9.59 Å². The van der Waals surface area contributed by atoms with Crippen molar-refractivity contribution in [3.05, 3.63) is 87.6 Å². The number of rotatable bonds is 4. The maximum atomic E-state index is 14.6. The molecule has 1 N–H and O–H groups in total. The first-order chi connectivity index (χ1) is 16.9. The highest BCUT2D eigenvalue weighted by Crippen LogP contribution is 2.27. The van der Waals surface area contributed by atoms with Crippen molar-refractivity contribution in [1.29, 1.82) is 0 Å². The minimum Gasteiger partial charge on any atom is -0.318 e. The number of halogens is 2. The van der Waals surface area contributed by atoms with Gasteiger partial charge in [0.1, 0.15) is 23.1 Å². The molecule has 1 aliphatic heterocycles. The molecule has 0 aliphatic carbocycles. The number of aromatic nitrogens is 5. The van der Waals surface area contributed by atoms with Gasteiger partial charge in [-0.05, 0) is 50.1 Å². The first-order valence-corrected chi connectivity index (χ1v) is 11.3. The third-order valence-corrected chi connectivity index (χ3v) is 5.99. The van der Waals surface area contributed by atoms with Crippen molar-refractivity contribution in [3.63, 3.8) is 0 Å². The van der Waals surface area contributed by atoms with Crippen molar-refractivity contribution < 1.29 is 13.6 Å². The van der Waals surface area contributed by atoms with Crippen LogP contribution < -0.4 is 10.7 Å². The highest BCUT2D eigenvalue weighted by atomic mass is 19.1. The fourth-order valence-electron chi connectivity index (χ4n) is 4.21. The number of aryl methyl sites for hydroxylation is 2. The van der Waals surface area contributed by atoms with Crippen molar-refractivity contribution in [1.82, 2.24) is 24.5 Å². The van der Waals surface area contributed by atoms with Crippen molar-refractivity contribution in [3.8, 4) is 17.1 Å². The molecule has 0 bridgehead atoms. The normalized spacial score (nSPS) is 13.2. The zero-order valence-electron chi connectivity index (χ0n) is 19.0. The summed E-state index contributed by atoms with van der Waals surface area (Å²) in [5.74, 6) is -0.683. The second kappa shape index (κ2) is 9.21. The topological polar surface area (TPSA) is 94.7 Å². The van der Waals surface area contributed by atoms with Crippen molar-refractivity contribution >= 4 is 11.6 Å². The SMILES string of the molecule is Cc1cc(=O)c(C(=O)Nc2cc(-c3nnc4n3CCCCC4)ccc2F)nn1-c1ccccc1F. The molecule has 2 aromatic heterocycles. The van der Waals surface area contributed by atoms with E-state index >= 15 is 0 Å². The maximum absolute atomic E-state index is 14.6. The zero-order valence-corrected chi connectivity index (χ0v) is 19.0. The van der Waals surface area contributed by atoms with Gasteiger partial charge in [0.2, 0.25) is 5.43 Å². The second-order valence-electron chi connectivity index (χ2n) is 8.41. The van der Waals surface area contributed by atoms with Crippen LogP contribution in [-0.2, 0) is 13.0 Å². The summed E-state index contributed by atoms with van der Waals surface area (Å²) in [6.07, 6.45) is 3.96. The van der Waals surface area contributed by atoms with Gasteiger partial charge in [-0.15, -0.1) is 10.2 Å². The van der Waals surface area contributed by atoms with Gasteiger partial charge in [-0.2, -0.15) is 5.10 Å². The van der Waals surface area contributed by atoms with Gasteiger partial charge in [0.25, 0.3) is 5.91 Å². The summed E-state index contributed by atoms with van der Waals surface area (Å²) in [4.78, 5) is 25.5. The molecule has 4 aromatic rings. The van der Waals surface area contributed by atoms with Crippen molar-refractivity contribution in [2.24, 2.45) is 0 Å². The van der Waals surface area contributed by atoms with Gasteiger partial charge in [0.05, 0.1) is 5.69 Å². The van der Waals surface area contributed by atoms with Gasteiger partial charge in [0.15, 0.2) is 11.5 Å². The van der Waals surface area contributed by atoms with E-state index in [1.165, 1.54) is 41.1 Å². The lowest BCUT2D eigenvalue weighted by molar-refractivity contribution is 0.101. The zero-order chi connectivity index (χ0) is 24.5. The number of carbonyl (C=O) groups is 1. The number of anilines is 1. The van der Waals surface area contributed by atoms with Gasteiger partial charge >= 0.3 is 0 Å². The van der Waals surface area contributed by atoms with E-state index in [2.05, 4.69) is 20.6 Å². The van der Waals surface area contributed by atoms with E-state index in [9.17, 15) is 18.4 Å². The molecule has 0 unspecified atom stereocenters. The lowest BCUT2D eigenvalue weighted by Gasteiger charge is -2.13. The lowest BCUT2D eigenvalue weighted by Crippen LogP contribution is -2.27. The lowest BCUT2D eigenvalue weighted by atomic mass is 10.1. The Hall–Kier alpha value is -4.21. The first-order valence-electron chi connectivity index (χ1n) is 11.3. The van der Waals surface area contributed by atoms with E-state index < -0.39 is 28.7 Å². The molecule has 0 saturated carbocycles. The van der Waals surface area contributed by atoms with E-state index in [-0.39, 0.29) is 11.4 Å². The summed E-state index contributed by atoms with van der Waals surface area (Å²) in [6, 6.07) is 11.3. The van der Waals surface area contributed by atoms with Crippen molar-refractivity contribution in [2.75, 3.05) is 5.32 Å². The summed E-state index contributed by atoms with van der Waals surface area (Å²) < 4.78 is 32.1. The Balaban J connectivity index is 1.48. The van der Waals surface area contributed by atoms with Crippen LogP contribution in [0.15, 0.2) is 53.3 Å². The molecule has 1 amide bonds. The van der Waals surface area contributed by atoms with Crippen LogP contribution in [0.25, 0.3) is 17.1 Å². The van der Waals surface area contributed by atoms with E-state index in [1.54, 1.807) is 19.1 Å². The van der Waals surface area contributed by atoms with Gasteiger partial charge < -0.3 is 9.88 Å². The van der Waals surface area contributed by atoms with E-state index in [0.717, 1.165) is 38.1 Å². The third-order valence-electron chi connectivity index (χ3n) is 5.99. The fraction of sp³-hybridized carbons (Fsp3) is 0.240. The van der Waals surface area contributed by atoms with E-state index in [1.807, 2.05) is 4.57 Å². The van der Waals surface area contributed by atoms with E-state index in [4.69, 9.17) is 0 Å². The molecular weight excluding hydrogens is 454 g/mol. The summed E-state index contributed by atoms with van der Waals surface area (Å²) in [5, 5.41) is 15.0. The number of hydrogen-bond acceptors (Lipinski definition) is 5. The molecule has 8 nitrogen and oxygen atoms in total. The Morgan fingerprint density at radius 2 is 1.83 bits per heavy atom. The summed E-state index contributed by atoms with van der Waals surface area (Å²) in [6.45, 7) is 2.34. The minimum absolute atomic E-state index is 0.0831. The Bertz CT molecular complexity index is 1490. The standard InChI is InChI=1S/C25H22F2N6O2/c1-15-13-21(34)23(31-33(15)20-8-5-4-7-18(20)27)25(35)28-19-14-16(10-11-17(19)26)24-30-29-22-9-3-2-6-12-32(22)24/h4-5,7-8,10-11,13-14H,2-3,6,9,12H2,1H3,(H,28,35). The number of nitrogens with zero attached hydrogens (tertiary/aromatic N) is 5. The molecule has 0 radical (unpaired) electrons. The quantitative estimate of drug-likeness (QED) is 0.480. The smallest absolute Gasteiger partial charge is 0.280 e. The minimum atomic E-state index is -0.906. The second-order valence-corrected chi connectivity index (χ2v) is 8.41. The first kappa shape index (κ1) is 22.6. The highest BCUT2D eigenvalue weighted by molar-refractivity contribution is 6.03.